The van der Waals surface area contributed by atoms with E-state index < -0.39 is 0 Å². The van der Waals surface area contributed by atoms with Gasteiger partial charge in [0.05, 0.1) is 6.04 Å². The third-order valence-corrected chi connectivity index (χ3v) is 5.82. The Bertz CT molecular complexity index is 650. The van der Waals surface area contributed by atoms with Gasteiger partial charge >= 0.3 is 6.03 Å². The predicted molar refractivity (Wildman–Crippen MR) is 111 cm³/mol. The summed E-state index contributed by atoms with van der Waals surface area (Å²) in [5.41, 5.74) is 1.12. The Morgan fingerprint density at radius 1 is 1.07 bits per heavy atom. The topological polar surface area (TPSA) is 64.7 Å². The van der Waals surface area contributed by atoms with Crippen LogP contribution in [0.1, 0.15) is 31.2 Å². The van der Waals surface area contributed by atoms with Crippen molar-refractivity contribution in [3.63, 3.8) is 0 Å². The number of urea groups is 1. The van der Waals surface area contributed by atoms with Crippen molar-refractivity contribution in [2.75, 3.05) is 32.7 Å². The maximum atomic E-state index is 13.1. The zero-order valence-corrected chi connectivity index (χ0v) is 16.6. The first-order valence-corrected chi connectivity index (χ1v) is 10.4. The number of hydrogen-bond acceptors (Lipinski definition) is 3. The Kier molecular flexibility index (Phi) is 7.48. The average molecular weight is 385 g/mol. The van der Waals surface area contributed by atoms with Crippen LogP contribution in [0.3, 0.4) is 0 Å². The lowest BCUT2D eigenvalue weighted by atomic mass is 9.95. The van der Waals surface area contributed by atoms with Gasteiger partial charge in [0.25, 0.3) is 0 Å². The van der Waals surface area contributed by atoms with Crippen molar-refractivity contribution in [2.45, 2.75) is 38.3 Å². The van der Waals surface area contributed by atoms with E-state index >= 15 is 0 Å². The molecular formula is C22H32N4O2. The number of nitrogens with one attached hydrogen (secondary N) is 2. The lowest BCUT2D eigenvalue weighted by Crippen LogP contribution is -2.58. The second-order valence-electron chi connectivity index (χ2n) is 7.69. The molecular weight excluding hydrogens is 352 g/mol. The van der Waals surface area contributed by atoms with Crippen molar-refractivity contribution in [3.8, 4) is 0 Å². The molecule has 6 nitrogen and oxygen atoms in total. The average Bonchev–Trinajstić information content (AvgIpc) is 3.26. The number of carbonyl (C=O) groups excluding carboxylic acids is 2. The van der Waals surface area contributed by atoms with Gasteiger partial charge in [0.15, 0.2) is 0 Å². The smallest absolute Gasteiger partial charge is 0.317 e. The fourth-order valence-corrected chi connectivity index (χ4v) is 4.32. The third kappa shape index (κ3) is 5.35. The van der Waals surface area contributed by atoms with Gasteiger partial charge in [-0.2, -0.15) is 0 Å². The van der Waals surface area contributed by atoms with E-state index in [0.29, 0.717) is 32.1 Å². The van der Waals surface area contributed by atoms with Crippen LogP contribution in [0.5, 0.6) is 0 Å². The molecule has 1 saturated carbocycles. The van der Waals surface area contributed by atoms with E-state index in [0.717, 1.165) is 31.5 Å². The first-order chi connectivity index (χ1) is 13.7. The molecule has 0 spiro atoms. The van der Waals surface area contributed by atoms with Crippen LogP contribution >= 0.6 is 0 Å². The van der Waals surface area contributed by atoms with Crippen molar-refractivity contribution in [1.29, 1.82) is 0 Å². The molecule has 3 rings (SSSR count). The zero-order chi connectivity index (χ0) is 19.8. The number of amides is 3. The minimum atomic E-state index is -0.0930. The van der Waals surface area contributed by atoms with Gasteiger partial charge in [0.2, 0.25) is 5.91 Å². The fourth-order valence-electron chi connectivity index (χ4n) is 4.32. The summed E-state index contributed by atoms with van der Waals surface area (Å²) in [6.45, 7) is 7.45. The van der Waals surface area contributed by atoms with Crippen LogP contribution in [0.15, 0.2) is 43.0 Å². The van der Waals surface area contributed by atoms with E-state index in [1.165, 1.54) is 12.8 Å². The number of nitrogens with zero attached hydrogens (tertiary/aromatic N) is 2. The molecule has 1 aliphatic heterocycles. The molecule has 1 aromatic carbocycles. The first-order valence-electron chi connectivity index (χ1n) is 10.4. The van der Waals surface area contributed by atoms with Crippen LogP contribution in [0, 0.1) is 5.92 Å². The molecule has 1 aromatic rings. The van der Waals surface area contributed by atoms with Gasteiger partial charge in [0.1, 0.15) is 0 Å². The zero-order valence-electron chi connectivity index (χ0n) is 16.6. The second-order valence-corrected chi connectivity index (χ2v) is 7.69. The first kappa shape index (κ1) is 20.4. The summed E-state index contributed by atoms with van der Waals surface area (Å²) in [6.07, 6.45) is 6.32. The van der Waals surface area contributed by atoms with Crippen molar-refractivity contribution >= 4 is 11.9 Å². The fraction of sp³-hybridized carbons (Fsp3) is 0.545. The summed E-state index contributed by atoms with van der Waals surface area (Å²) >= 11 is 0. The van der Waals surface area contributed by atoms with Gasteiger partial charge in [-0.25, -0.2) is 4.79 Å². The highest BCUT2D eigenvalue weighted by Crippen LogP contribution is 2.31. The van der Waals surface area contributed by atoms with E-state index in [1.54, 1.807) is 6.08 Å². The van der Waals surface area contributed by atoms with E-state index in [2.05, 4.69) is 22.1 Å². The predicted octanol–water partition coefficient (Wildman–Crippen LogP) is 2.37. The summed E-state index contributed by atoms with van der Waals surface area (Å²) in [5, 5.41) is 5.98. The quantitative estimate of drug-likeness (QED) is 0.710. The molecule has 1 heterocycles. The molecule has 28 heavy (non-hydrogen) atoms. The monoisotopic (exact) mass is 384 g/mol. The highest BCUT2D eigenvalue weighted by Gasteiger charge is 2.37. The molecule has 2 N–H and O–H groups in total. The minimum absolute atomic E-state index is 0.0505. The number of piperazine rings is 1. The standard InChI is InChI=1S/C22H32N4O2/c1-2-12-23-22(28)26-15-13-25(14-16-26)20(19-10-6-7-11-19)21(27)24-17-18-8-4-3-5-9-18/h2-5,8-9,19-20H,1,6-7,10-17H2,(H,23,28)(H,24,27). The van der Waals surface area contributed by atoms with Crippen molar-refractivity contribution in [3.05, 3.63) is 48.6 Å². The normalized spacial score (nSPS) is 19.2. The van der Waals surface area contributed by atoms with Crippen molar-refractivity contribution in [1.82, 2.24) is 20.4 Å². The summed E-state index contributed by atoms with van der Waals surface area (Å²) < 4.78 is 0. The number of benzene rings is 1. The molecule has 1 unspecified atom stereocenters. The van der Waals surface area contributed by atoms with Crippen LogP contribution in [0.2, 0.25) is 0 Å². The molecule has 1 saturated heterocycles. The SMILES string of the molecule is C=CCNC(=O)N1CCN(C(C(=O)NCc2ccccc2)C2CCCC2)CC1. The molecule has 1 atom stereocenters. The Hall–Kier alpha value is -2.34. The molecule has 0 bridgehead atoms. The summed E-state index contributed by atoms with van der Waals surface area (Å²) in [5.74, 6) is 0.539. The van der Waals surface area contributed by atoms with Gasteiger partial charge < -0.3 is 15.5 Å². The molecule has 152 valence electrons. The molecule has 3 amide bonds. The van der Waals surface area contributed by atoms with Crippen LogP contribution in [-0.2, 0) is 11.3 Å². The maximum Gasteiger partial charge on any atom is 0.317 e. The van der Waals surface area contributed by atoms with Gasteiger partial charge in [-0.1, -0.05) is 49.2 Å². The molecule has 2 fully saturated rings. The molecule has 1 aliphatic carbocycles. The van der Waals surface area contributed by atoms with Crippen LogP contribution in [-0.4, -0.2) is 60.5 Å². The Balaban J connectivity index is 1.58. The molecule has 0 aromatic heterocycles. The lowest BCUT2D eigenvalue weighted by Gasteiger charge is -2.40. The lowest BCUT2D eigenvalue weighted by molar-refractivity contribution is -0.129. The van der Waals surface area contributed by atoms with Gasteiger partial charge in [-0.05, 0) is 24.3 Å². The van der Waals surface area contributed by atoms with Crippen LogP contribution in [0.4, 0.5) is 4.79 Å². The van der Waals surface area contributed by atoms with Gasteiger partial charge in [-0.3, -0.25) is 9.69 Å². The van der Waals surface area contributed by atoms with Crippen molar-refractivity contribution in [2.24, 2.45) is 5.92 Å². The second kappa shape index (κ2) is 10.3. The van der Waals surface area contributed by atoms with Crippen LogP contribution < -0.4 is 10.6 Å². The maximum absolute atomic E-state index is 13.1. The summed E-state index contributed by atoms with van der Waals surface area (Å²) in [4.78, 5) is 29.4. The van der Waals surface area contributed by atoms with Crippen molar-refractivity contribution < 1.29 is 9.59 Å². The number of hydrogen-bond donors (Lipinski definition) is 2. The minimum Gasteiger partial charge on any atom is -0.351 e. The van der Waals surface area contributed by atoms with Crippen LogP contribution in [0.25, 0.3) is 0 Å². The van der Waals surface area contributed by atoms with E-state index in [1.807, 2.05) is 35.2 Å². The summed E-state index contributed by atoms with van der Waals surface area (Å²) in [7, 11) is 0. The van der Waals surface area contributed by atoms with Gasteiger partial charge in [0, 0.05) is 39.3 Å². The Morgan fingerprint density at radius 2 is 1.75 bits per heavy atom. The largest absolute Gasteiger partial charge is 0.351 e. The Labute approximate surface area is 168 Å². The highest BCUT2D eigenvalue weighted by atomic mass is 16.2. The van der Waals surface area contributed by atoms with E-state index in [9.17, 15) is 9.59 Å². The number of carbonyl (C=O) groups is 2. The van der Waals surface area contributed by atoms with Gasteiger partial charge in [-0.15, -0.1) is 6.58 Å². The van der Waals surface area contributed by atoms with E-state index in [4.69, 9.17) is 0 Å². The highest BCUT2D eigenvalue weighted by molar-refractivity contribution is 5.82. The molecule has 6 heteroatoms. The third-order valence-electron chi connectivity index (χ3n) is 5.82. The molecule has 2 aliphatic rings. The molecule has 0 radical (unpaired) electrons. The summed E-state index contributed by atoms with van der Waals surface area (Å²) in [6, 6.07) is 9.89. The Morgan fingerprint density at radius 3 is 2.39 bits per heavy atom. The van der Waals surface area contributed by atoms with E-state index in [-0.39, 0.29) is 18.0 Å². The number of rotatable bonds is 7.